The summed E-state index contributed by atoms with van der Waals surface area (Å²) >= 11 is 3.32. The molecular formula is C22H18BrF4N3O2. The smallest absolute Gasteiger partial charge is 0.307 e. The first-order valence-electron chi connectivity index (χ1n) is 9.48. The first-order valence-corrected chi connectivity index (χ1v) is 10.6. The second kappa shape index (κ2) is 10.5. The summed E-state index contributed by atoms with van der Waals surface area (Å²) in [7, 11) is 0. The molecule has 0 amide bonds. The van der Waals surface area contributed by atoms with E-state index in [9.17, 15) is 22.4 Å². The molecule has 3 rings (SSSR count). The van der Waals surface area contributed by atoms with Gasteiger partial charge in [-0.3, -0.25) is 4.79 Å². The van der Waals surface area contributed by atoms with Crippen molar-refractivity contribution in [2.75, 3.05) is 5.33 Å². The summed E-state index contributed by atoms with van der Waals surface area (Å²) in [6.45, 7) is 1.18. The van der Waals surface area contributed by atoms with E-state index in [1.807, 2.05) is 0 Å². The minimum Gasteiger partial charge on any atom is -0.429 e. The first-order chi connectivity index (χ1) is 15.3. The predicted molar refractivity (Wildman–Crippen MR) is 112 cm³/mol. The maximum absolute atomic E-state index is 14.6. The number of aromatic nitrogens is 3. The fraction of sp³-hybridized carbons (Fsp3) is 0.227. The molecule has 2 aromatic carbocycles. The molecule has 0 saturated carbocycles. The van der Waals surface area contributed by atoms with E-state index in [1.165, 1.54) is 42.5 Å². The Kier molecular flexibility index (Phi) is 7.79. The van der Waals surface area contributed by atoms with Crippen LogP contribution in [0.5, 0.6) is 0 Å². The summed E-state index contributed by atoms with van der Waals surface area (Å²) in [6.07, 6.45) is 4.18. The number of allylic oxidation sites excluding steroid dienone is 2. The van der Waals surface area contributed by atoms with Gasteiger partial charge in [0, 0.05) is 35.9 Å². The lowest BCUT2D eigenvalue weighted by Crippen LogP contribution is -2.19. The summed E-state index contributed by atoms with van der Waals surface area (Å²) in [5.41, 5.74) is 0.250. The highest BCUT2D eigenvalue weighted by Gasteiger charge is 2.27. The number of carbonyl (C=O) groups is 1. The van der Waals surface area contributed by atoms with Gasteiger partial charge in [-0.1, -0.05) is 28.1 Å². The zero-order valence-electron chi connectivity index (χ0n) is 16.8. The predicted octanol–water partition coefficient (Wildman–Crippen LogP) is 5.44. The van der Waals surface area contributed by atoms with Crippen LogP contribution in [0.4, 0.5) is 17.6 Å². The molecule has 0 aliphatic carbocycles. The van der Waals surface area contributed by atoms with Crippen LogP contribution in [0.3, 0.4) is 0 Å². The highest BCUT2D eigenvalue weighted by molar-refractivity contribution is 9.09. The van der Waals surface area contributed by atoms with Gasteiger partial charge in [-0.2, -0.15) is 5.10 Å². The Morgan fingerprint density at radius 1 is 1.09 bits per heavy atom. The molecule has 0 aliphatic rings. The number of halogens is 5. The highest BCUT2D eigenvalue weighted by atomic mass is 79.9. The topological polar surface area (TPSA) is 57.0 Å². The Labute approximate surface area is 189 Å². The third-order valence-corrected chi connectivity index (χ3v) is 5.46. The number of ether oxygens (including phenoxy) is 1. The zero-order chi connectivity index (χ0) is 23.3. The van der Waals surface area contributed by atoms with Crippen LogP contribution in [0.2, 0.25) is 0 Å². The molecule has 1 heterocycles. The zero-order valence-corrected chi connectivity index (χ0v) is 18.4. The fourth-order valence-corrected chi connectivity index (χ4v) is 3.85. The van der Waals surface area contributed by atoms with Crippen LogP contribution in [0.15, 0.2) is 60.9 Å². The third kappa shape index (κ3) is 5.61. The molecule has 0 saturated heterocycles. The minimum absolute atomic E-state index is 0.00183. The summed E-state index contributed by atoms with van der Waals surface area (Å²) in [6, 6.07) is 5.20. The Balaban J connectivity index is 2.04. The monoisotopic (exact) mass is 511 g/mol. The van der Waals surface area contributed by atoms with Crippen molar-refractivity contribution in [1.29, 1.82) is 0 Å². The fourth-order valence-electron chi connectivity index (χ4n) is 3.24. The van der Waals surface area contributed by atoms with Crippen LogP contribution in [0.25, 0.3) is 0 Å². The van der Waals surface area contributed by atoms with Crippen LogP contribution in [-0.4, -0.2) is 26.1 Å². The number of esters is 1. The lowest BCUT2D eigenvalue weighted by atomic mass is 9.95. The van der Waals surface area contributed by atoms with Crippen molar-refractivity contribution in [3.05, 3.63) is 95.3 Å². The van der Waals surface area contributed by atoms with Crippen molar-refractivity contribution in [3.8, 4) is 0 Å². The van der Waals surface area contributed by atoms with Crippen LogP contribution >= 0.6 is 15.9 Å². The molecule has 2 atom stereocenters. The van der Waals surface area contributed by atoms with E-state index in [4.69, 9.17) is 4.74 Å². The molecule has 168 valence electrons. The number of carbonyl (C=O) groups excluding carboxylic acids is 1. The van der Waals surface area contributed by atoms with Crippen LogP contribution in [0, 0.1) is 23.3 Å². The van der Waals surface area contributed by atoms with Gasteiger partial charge in [0.2, 0.25) is 0 Å². The Morgan fingerprint density at radius 3 is 2.22 bits per heavy atom. The Hall–Kier alpha value is -3.01. The van der Waals surface area contributed by atoms with Crippen LogP contribution in [0.1, 0.15) is 36.4 Å². The number of alkyl halides is 1. The number of hydrogen-bond acceptors (Lipinski definition) is 4. The second-order valence-corrected chi connectivity index (χ2v) is 7.54. The van der Waals surface area contributed by atoms with Crippen molar-refractivity contribution in [3.63, 3.8) is 0 Å². The first kappa shape index (κ1) is 23.6. The van der Waals surface area contributed by atoms with E-state index in [2.05, 4.69) is 26.0 Å². The minimum atomic E-state index is -1.07. The van der Waals surface area contributed by atoms with Gasteiger partial charge >= 0.3 is 5.97 Å². The van der Waals surface area contributed by atoms with E-state index in [1.54, 1.807) is 0 Å². The van der Waals surface area contributed by atoms with E-state index < -0.39 is 41.2 Å². The SMILES string of the molecule is CC(=O)OC(=CCC(CBr)c1ccc(F)cc1F)C(c1ccc(F)cc1F)n1cncn1. The van der Waals surface area contributed by atoms with Crippen LogP contribution < -0.4 is 0 Å². The number of benzene rings is 2. The lowest BCUT2D eigenvalue weighted by Gasteiger charge is -2.22. The van der Waals surface area contributed by atoms with Gasteiger partial charge in [0.05, 0.1) is 0 Å². The van der Waals surface area contributed by atoms with Crippen molar-refractivity contribution in [2.45, 2.75) is 25.3 Å². The number of hydrogen-bond donors (Lipinski definition) is 0. The van der Waals surface area contributed by atoms with E-state index in [0.717, 1.165) is 18.2 Å². The largest absolute Gasteiger partial charge is 0.429 e. The van der Waals surface area contributed by atoms with Gasteiger partial charge in [0.25, 0.3) is 0 Å². The van der Waals surface area contributed by atoms with Crippen LogP contribution in [-0.2, 0) is 9.53 Å². The summed E-state index contributed by atoms with van der Waals surface area (Å²) in [5, 5.41) is 4.33. The molecule has 0 aliphatic heterocycles. The van der Waals surface area contributed by atoms with Gasteiger partial charge in [0.15, 0.2) is 0 Å². The van der Waals surface area contributed by atoms with Crippen molar-refractivity contribution >= 4 is 21.9 Å². The summed E-state index contributed by atoms with van der Waals surface area (Å²) < 4.78 is 62.3. The maximum atomic E-state index is 14.6. The average Bonchev–Trinajstić information content (AvgIpc) is 3.25. The molecule has 3 aromatic rings. The molecule has 0 bridgehead atoms. The summed E-state index contributed by atoms with van der Waals surface area (Å²) in [4.78, 5) is 15.7. The third-order valence-electron chi connectivity index (χ3n) is 4.68. The van der Waals surface area contributed by atoms with E-state index in [-0.39, 0.29) is 23.3 Å². The number of rotatable bonds is 8. The van der Waals surface area contributed by atoms with E-state index in [0.29, 0.717) is 11.4 Å². The summed E-state index contributed by atoms with van der Waals surface area (Å²) in [5.74, 6) is -4.18. The molecule has 32 heavy (non-hydrogen) atoms. The van der Waals surface area contributed by atoms with Crippen molar-refractivity contribution < 1.29 is 27.1 Å². The van der Waals surface area contributed by atoms with Crippen molar-refractivity contribution in [2.24, 2.45) is 0 Å². The Morgan fingerprint density at radius 2 is 1.72 bits per heavy atom. The molecule has 0 N–H and O–H groups in total. The molecule has 5 nitrogen and oxygen atoms in total. The second-order valence-electron chi connectivity index (χ2n) is 6.90. The lowest BCUT2D eigenvalue weighted by molar-refractivity contribution is -0.137. The highest BCUT2D eigenvalue weighted by Crippen LogP contribution is 2.32. The molecule has 0 fully saturated rings. The van der Waals surface area contributed by atoms with Gasteiger partial charge in [0.1, 0.15) is 47.7 Å². The van der Waals surface area contributed by atoms with Gasteiger partial charge in [-0.05, 0) is 30.2 Å². The average molecular weight is 512 g/mol. The van der Waals surface area contributed by atoms with Gasteiger partial charge in [-0.25, -0.2) is 27.2 Å². The molecular weight excluding hydrogens is 494 g/mol. The molecule has 0 radical (unpaired) electrons. The Bertz CT molecular complexity index is 1120. The number of nitrogens with zero attached hydrogens (tertiary/aromatic N) is 3. The quantitative estimate of drug-likeness (QED) is 0.175. The standard InChI is InChI=1S/C22H18BrF4N3O2/c1-13(31)32-21(7-2-14(10-23)17-5-3-15(24)8-19(17)26)22(30-12-28-11-29-30)18-6-4-16(25)9-20(18)27/h3-9,11-12,14,22H,2,10H2,1H3. The van der Waals surface area contributed by atoms with Gasteiger partial charge < -0.3 is 4.74 Å². The molecule has 1 aromatic heterocycles. The molecule has 10 heteroatoms. The van der Waals surface area contributed by atoms with E-state index >= 15 is 0 Å². The van der Waals surface area contributed by atoms with Gasteiger partial charge in [-0.15, -0.1) is 0 Å². The maximum Gasteiger partial charge on any atom is 0.307 e. The molecule has 0 spiro atoms. The van der Waals surface area contributed by atoms with Crippen molar-refractivity contribution in [1.82, 2.24) is 14.8 Å². The molecule has 2 unspecified atom stereocenters. The normalized spacial score (nSPS) is 13.6.